The highest BCUT2D eigenvalue weighted by Crippen LogP contribution is 2.18. The van der Waals surface area contributed by atoms with Gasteiger partial charge in [-0.2, -0.15) is 5.10 Å². The van der Waals surface area contributed by atoms with E-state index in [9.17, 15) is 9.18 Å². The number of nitrogens with zero attached hydrogens (tertiary/aromatic N) is 2. The van der Waals surface area contributed by atoms with Crippen LogP contribution >= 0.6 is 0 Å². The molecule has 1 aromatic carbocycles. The average Bonchev–Trinajstić information content (AvgIpc) is 2.74. The van der Waals surface area contributed by atoms with Crippen molar-refractivity contribution in [3.8, 4) is 0 Å². The van der Waals surface area contributed by atoms with Gasteiger partial charge in [-0.1, -0.05) is 6.07 Å². The molecule has 0 aliphatic carbocycles. The van der Waals surface area contributed by atoms with Gasteiger partial charge in [0.1, 0.15) is 11.4 Å². The van der Waals surface area contributed by atoms with Crippen LogP contribution in [0.4, 0.5) is 10.1 Å². The SMILES string of the molecule is Cn1cc(CCNc2cccc(F)c2C(=O)O)cn1. The summed E-state index contributed by atoms with van der Waals surface area (Å²) in [7, 11) is 1.83. The maximum absolute atomic E-state index is 13.4. The van der Waals surface area contributed by atoms with Gasteiger partial charge in [-0.05, 0) is 24.1 Å². The van der Waals surface area contributed by atoms with Crippen molar-refractivity contribution in [1.29, 1.82) is 0 Å². The van der Waals surface area contributed by atoms with E-state index >= 15 is 0 Å². The summed E-state index contributed by atoms with van der Waals surface area (Å²) >= 11 is 0. The van der Waals surface area contributed by atoms with Crippen LogP contribution < -0.4 is 5.32 Å². The normalized spacial score (nSPS) is 10.4. The third-order valence-electron chi connectivity index (χ3n) is 2.71. The van der Waals surface area contributed by atoms with Crippen LogP contribution in [0.1, 0.15) is 15.9 Å². The lowest BCUT2D eigenvalue weighted by Crippen LogP contribution is -2.11. The molecular formula is C13H14FN3O2. The van der Waals surface area contributed by atoms with E-state index in [1.165, 1.54) is 6.07 Å². The Morgan fingerprint density at radius 1 is 1.53 bits per heavy atom. The Kier molecular flexibility index (Phi) is 3.79. The van der Waals surface area contributed by atoms with Crippen molar-refractivity contribution < 1.29 is 14.3 Å². The molecule has 0 saturated carbocycles. The highest BCUT2D eigenvalue weighted by molar-refractivity contribution is 5.94. The fourth-order valence-electron chi connectivity index (χ4n) is 1.83. The minimum atomic E-state index is -1.28. The molecular weight excluding hydrogens is 249 g/mol. The Morgan fingerprint density at radius 3 is 2.95 bits per heavy atom. The number of nitrogens with one attached hydrogen (secondary N) is 1. The highest BCUT2D eigenvalue weighted by atomic mass is 19.1. The minimum Gasteiger partial charge on any atom is -0.478 e. The van der Waals surface area contributed by atoms with E-state index < -0.39 is 11.8 Å². The molecule has 6 heteroatoms. The predicted molar refractivity (Wildman–Crippen MR) is 68.8 cm³/mol. The average molecular weight is 263 g/mol. The van der Waals surface area contributed by atoms with E-state index in [4.69, 9.17) is 5.11 Å². The monoisotopic (exact) mass is 263 g/mol. The summed E-state index contributed by atoms with van der Waals surface area (Å²) < 4.78 is 15.1. The van der Waals surface area contributed by atoms with Gasteiger partial charge in [-0.3, -0.25) is 4.68 Å². The van der Waals surface area contributed by atoms with E-state index in [-0.39, 0.29) is 11.3 Å². The first kappa shape index (κ1) is 13.1. The van der Waals surface area contributed by atoms with Crippen LogP contribution in [-0.2, 0) is 13.5 Å². The molecule has 5 nitrogen and oxygen atoms in total. The lowest BCUT2D eigenvalue weighted by atomic mass is 10.1. The molecule has 100 valence electrons. The Hall–Kier alpha value is -2.37. The fourth-order valence-corrected chi connectivity index (χ4v) is 1.83. The summed E-state index contributed by atoms with van der Waals surface area (Å²) in [6.45, 7) is 0.509. The second kappa shape index (κ2) is 5.51. The summed E-state index contributed by atoms with van der Waals surface area (Å²) in [6, 6.07) is 4.17. The smallest absolute Gasteiger partial charge is 0.340 e. The second-order valence-corrected chi connectivity index (χ2v) is 4.17. The number of carboxylic acid groups (broad SMARTS) is 1. The molecule has 0 bridgehead atoms. The molecule has 1 heterocycles. The van der Waals surface area contributed by atoms with Gasteiger partial charge >= 0.3 is 5.97 Å². The van der Waals surface area contributed by atoms with Crippen LogP contribution in [0.2, 0.25) is 0 Å². The Labute approximate surface area is 109 Å². The van der Waals surface area contributed by atoms with Gasteiger partial charge in [0.2, 0.25) is 0 Å². The largest absolute Gasteiger partial charge is 0.478 e. The Morgan fingerprint density at radius 2 is 2.32 bits per heavy atom. The van der Waals surface area contributed by atoms with Crippen LogP contribution in [0.5, 0.6) is 0 Å². The summed E-state index contributed by atoms with van der Waals surface area (Å²) in [5.41, 5.74) is 0.994. The number of carbonyl (C=O) groups is 1. The first-order chi connectivity index (χ1) is 9.08. The zero-order valence-electron chi connectivity index (χ0n) is 10.4. The van der Waals surface area contributed by atoms with Gasteiger partial charge in [-0.15, -0.1) is 0 Å². The number of aromatic nitrogens is 2. The molecule has 0 unspecified atom stereocenters. The number of aromatic carboxylic acids is 1. The number of halogens is 1. The van der Waals surface area contributed by atoms with Crippen molar-refractivity contribution in [3.05, 3.63) is 47.5 Å². The maximum atomic E-state index is 13.4. The van der Waals surface area contributed by atoms with E-state index in [0.717, 1.165) is 11.6 Å². The van der Waals surface area contributed by atoms with Crippen molar-refractivity contribution in [2.75, 3.05) is 11.9 Å². The van der Waals surface area contributed by atoms with Gasteiger partial charge in [0, 0.05) is 19.8 Å². The van der Waals surface area contributed by atoms with Crippen molar-refractivity contribution >= 4 is 11.7 Å². The van der Waals surface area contributed by atoms with Crippen molar-refractivity contribution in [3.63, 3.8) is 0 Å². The van der Waals surface area contributed by atoms with Crippen LogP contribution in [-0.4, -0.2) is 27.4 Å². The van der Waals surface area contributed by atoms with Crippen molar-refractivity contribution in [1.82, 2.24) is 9.78 Å². The van der Waals surface area contributed by atoms with Crippen LogP contribution in [0.3, 0.4) is 0 Å². The van der Waals surface area contributed by atoms with Gasteiger partial charge in [-0.25, -0.2) is 9.18 Å². The van der Waals surface area contributed by atoms with E-state index in [1.807, 2.05) is 13.2 Å². The molecule has 0 fully saturated rings. The number of benzene rings is 1. The zero-order valence-corrected chi connectivity index (χ0v) is 10.4. The second-order valence-electron chi connectivity index (χ2n) is 4.17. The third-order valence-corrected chi connectivity index (χ3v) is 2.71. The molecule has 0 atom stereocenters. The number of anilines is 1. The van der Waals surface area contributed by atoms with Gasteiger partial charge < -0.3 is 10.4 Å². The van der Waals surface area contributed by atoms with Crippen LogP contribution in [0, 0.1) is 5.82 Å². The highest BCUT2D eigenvalue weighted by Gasteiger charge is 2.15. The molecule has 2 N–H and O–H groups in total. The molecule has 0 aliphatic rings. The molecule has 0 radical (unpaired) electrons. The number of carboxylic acids is 1. The lowest BCUT2D eigenvalue weighted by Gasteiger charge is -2.09. The van der Waals surface area contributed by atoms with Gasteiger partial charge in [0.25, 0.3) is 0 Å². The van der Waals surface area contributed by atoms with Crippen molar-refractivity contribution in [2.24, 2.45) is 7.05 Å². The maximum Gasteiger partial charge on any atom is 0.340 e. The first-order valence-electron chi connectivity index (χ1n) is 5.81. The molecule has 0 saturated heterocycles. The van der Waals surface area contributed by atoms with E-state index in [2.05, 4.69) is 10.4 Å². The van der Waals surface area contributed by atoms with Gasteiger partial charge in [0.05, 0.1) is 11.9 Å². The summed E-state index contributed by atoms with van der Waals surface area (Å²) in [4.78, 5) is 11.0. The van der Waals surface area contributed by atoms with E-state index in [0.29, 0.717) is 13.0 Å². The summed E-state index contributed by atoms with van der Waals surface area (Å²) in [5.74, 6) is -2.01. The summed E-state index contributed by atoms with van der Waals surface area (Å²) in [6.07, 6.45) is 4.31. The van der Waals surface area contributed by atoms with Gasteiger partial charge in [0.15, 0.2) is 0 Å². The number of aryl methyl sites for hydroxylation is 1. The Bertz CT molecular complexity index is 595. The first-order valence-corrected chi connectivity index (χ1v) is 5.81. The molecule has 0 amide bonds. The Balaban J connectivity index is 2.03. The lowest BCUT2D eigenvalue weighted by molar-refractivity contribution is 0.0693. The van der Waals surface area contributed by atoms with Crippen LogP contribution in [0.15, 0.2) is 30.6 Å². The molecule has 1 aromatic heterocycles. The molecule has 0 spiro atoms. The standard InChI is InChI=1S/C13H14FN3O2/c1-17-8-9(7-16-17)5-6-15-11-4-2-3-10(14)12(11)13(18)19/h2-4,7-8,15H,5-6H2,1H3,(H,18,19). The topological polar surface area (TPSA) is 67.2 Å². The minimum absolute atomic E-state index is 0.288. The number of rotatable bonds is 5. The van der Waals surface area contributed by atoms with Crippen LogP contribution in [0.25, 0.3) is 0 Å². The quantitative estimate of drug-likeness (QED) is 0.864. The van der Waals surface area contributed by atoms with E-state index in [1.54, 1.807) is 16.9 Å². The fraction of sp³-hybridized carbons (Fsp3) is 0.231. The number of hydrogen-bond donors (Lipinski definition) is 2. The summed E-state index contributed by atoms with van der Waals surface area (Å²) in [5, 5.41) is 15.9. The third kappa shape index (κ3) is 3.09. The predicted octanol–water partition coefficient (Wildman–Crippen LogP) is 1.91. The van der Waals surface area contributed by atoms with Crippen molar-refractivity contribution in [2.45, 2.75) is 6.42 Å². The molecule has 2 rings (SSSR count). The number of hydrogen-bond acceptors (Lipinski definition) is 3. The molecule has 0 aliphatic heterocycles. The zero-order chi connectivity index (χ0) is 13.8. The molecule has 2 aromatic rings. The molecule has 19 heavy (non-hydrogen) atoms.